The van der Waals surface area contributed by atoms with Gasteiger partial charge in [0, 0.05) is 11.1 Å². The lowest BCUT2D eigenvalue weighted by Gasteiger charge is -2.41. The quantitative estimate of drug-likeness (QED) is 0.299. The van der Waals surface area contributed by atoms with Crippen molar-refractivity contribution in [2.24, 2.45) is 0 Å². The van der Waals surface area contributed by atoms with Crippen LogP contribution in [0, 0.1) is 22.9 Å². The van der Waals surface area contributed by atoms with Crippen molar-refractivity contribution in [3.63, 3.8) is 0 Å². The van der Waals surface area contributed by atoms with Crippen LogP contribution in [0.5, 0.6) is 0 Å². The van der Waals surface area contributed by atoms with Crippen LogP contribution in [0.25, 0.3) is 0 Å². The van der Waals surface area contributed by atoms with Gasteiger partial charge in [-0.15, -0.1) is 11.1 Å². The van der Waals surface area contributed by atoms with Crippen LogP contribution < -0.4 is 20.7 Å². The second-order valence-electron chi connectivity index (χ2n) is 16.2. The Morgan fingerprint density at radius 1 is 0.324 bits per heavy atom. The van der Waals surface area contributed by atoms with Gasteiger partial charge in [-0.05, 0) is 10.4 Å². The molecule has 0 aliphatic rings. The van der Waals surface area contributed by atoms with Gasteiger partial charge in [0.1, 0.15) is 16.1 Å². The van der Waals surface area contributed by atoms with Crippen LogP contribution in [0.3, 0.4) is 0 Å². The van der Waals surface area contributed by atoms with Crippen molar-refractivity contribution in [3.8, 4) is 22.9 Å². The van der Waals surface area contributed by atoms with Crippen LogP contribution in [0.4, 0.5) is 0 Å². The Bertz CT molecular complexity index is 960. The molecule has 0 radical (unpaired) electrons. The van der Waals surface area contributed by atoms with E-state index in [2.05, 4.69) is 141 Å². The second-order valence-corrected chi connectivity index (χ2v) is 45.8. The van der Waals surface area contributed by atoms with Crippen molar-refractivity contribution in [3.05, 3.63) is 11.1 Å². The zero-order chi connectivity index (χ0) is 27.3. The molecule has 1 rings (SSSR count). The third-order valence-corrected chi connectivity index (χ3v) is 16.1. The molecule has 0 saturated heterocycles. The van der Waals surface area contributed by atoms with Crippen LogP contribution in [0.2, 0.25) is 118 Å². The molecule has 0 aliphatic heterocycles. The molecule has 0 bridgehead atoms. The largest absolute Gasteiger partial charge is 0.129 e. The highest BCUT2D eigenvalue weighted by Gasteiger charge is 2.41. The van der Waals surface area contributed by atoms with Gasteiger partial charge >= 0.3 is 0 Å². The standard InChI is InChI=1S/C28H54Si6/c1-29(2,3)21-19-23-24(20-22-30(4,5)6)26(32(10,11)12)28(34(16,17)18)27(33(13,14)15)25(23)31(7,8)9/h1-18H3. The molecule has 1 aromatic carbocycles. The van der Waals surface area contributed by atoms with Gasteiger partial charge in [0.05, 0.1) is 32.3 Å². The summed E-state index contributed by atoms with van der Waals surface area (Å²) in [5.41, 5.74) is 10.3. The Balaban J connectivity index is 4.83. The maximum Gasteiger partial charge on any atom is 0.129 e. The van der Waals surface area contributed by atoms with Crippen molar-refractivity contribution in [2.45, 2.75) is 118 Å². The zero-order valence-electron chi connectivity index (χ0n) is 26.0. The lowest BCUT2D eigenvalue weighted by molar-refractivity contribution is 1.59. The number of hydrogen-bond acceptors (Lipinski definition) is 0. The van der Waals surface area contributed by atoms with Crippen LogP contribution >= 0.6 is 0 Å². The molecule has 0 fully saturated rings. The summed E-state index contributed by atoms with van der Waals surface area (Å²) < 4.78 is 0. The number of hydrogen-bond donors (Lipinski definition) is 0. The van der Waals surface area contributed by atoms with Gasteiger partial charge in [-0.2, -0.15) is 0 Å². The molecule has 0 amide bonds. The van der Waals surface area contributed by atoms with Crippen LogP contribution in [-0.2, 0) is 0 Å². The summed E-state index contributed by atoms with van der Waals surface area (Å²) in [6, 6.07) is 0. The molecule has 0 aliphatic carbocycles. The van der Waals surface area contributed by atoms with Crippen molar-refractivity contribution in [1.29, 1.82) is 0 Å². The van der Waals surface area contributed by atoms with Crippen LogP contribution in [0.1, 0.15) is 11.1 Å². The van der Waals surface area contributed by atoms with Gasteiger partial charge in [0.25, 0.3) is 0 Å². The molecule has 0 saturated carbocycles. The smallest absolute Gasteiger partial charge is 0.127 e. The Kier molecular flexibility index (Phi) is 9.16. The summed E-state index contributed by atoms with van der Waals surface area (Å²) in [5, 5.41) is 6.89. The predicted octanol–water partition coefficient (Wildman–Crippen LogP) is 6.33. The first kappa shape index (κ1) is 31.7. The van der Waals surface area contributed by atoms with E-state index in [0.29, 0.717) is 0 Å². The lowest BCUT2D eigenvalue weighted by Crippen LogP contribution is -2.74. The summed E-state index contributed by atoms with van der Waals surface area (Å²) in [6.07, 6.45) is 0. The molecule has 190 valence electrons. The molecule has 6 heteroatoms. The molecule has 0 spiro atoms. The Hall–Kier alpha value is -0.359. The number of rotatable bonds is 4. The average Bonchev–Trinajstić information content (AvgIpc) is 2.51. The summed E-state index contributed by atoms with van der Waals surface area (Å²) in [4.78, 5) is 0. The van der Waals surface area contributed by atoms with Crippen LogP contribution in [-0.4, -0.2) is 48.4 Å². The van der Waals surface area contributed by atoms with Gasteiger partial charge in [0.15, 0.2) is 0 Å². The highest BCUT2D eigenvalue weighted by molar-refractivity contribution is 7.07. The fourth-order valence-corrected chi connectivity index (χ4v) is 19.6. The van der Waals surface area contributed by atoms with Crippen molar-refractivity contribution in [1.82, 2.24) is 0 Å². The minimum Gasteiger partial charge on any atom is -0.127 e. The molecule has 1 aromatic rings. The summed E-state index contributed by atoms with van der Waals surface area (Å²) >= 11 is 0. The summed E-state index contributed by atoms with van der Waals surface area (Å²) in [5.74, 6) is 7.78. The first-order valence-electron chi connectivity index (χ1n) is 13.0. The molecule has 0 N–H and O–H groups in total. The maximum atomic E-state index is 3.89. The Morgan fingerprint density at radius 2 is 0.529 bits per heavy atom. The first-order chi connectivity index (χ1) is 14.7. The average molecular weight is 559 g/mol. The van der Waals surface area contributed by atoms with Gasteiger partial charge in [-0.3, -0.25) is 0 Å². The minimum absolute atomic E-state index is 1.35. The van der Waals surface area contributed by atoms with Crippen LogP contribution in [0.15, 0.2) is 0 Å². The fraction of sp³-hybridized carbons (Fsp3) is 0.643. The van der Waals surface area contributed by atoms with Crippen molar-refractivity contribution >= 4 is 69.2 Å². The molecular weight excluding hydrogens is 505 g/mol. The Morgan fingerprint density at radius 3 is 0.676 bits per heavy atom. The zero-order valence-corrected chi connectivity index (χ0v) is 32.0. The third kappa shape index (κ3) is 8.35. The third-order valence-electron chi connectivity index (χ3n) is 5.62. The van der Waals surface area contributed by atoms with E-state index in [1.165, 1.54) is 11.1 Å². The lowest BCUT2D eigenvalue weighted by atomic mass is 10.1. The van der Waals surface area contributed by atoms with Gasteiger partial charge in [-0.1, -0.05) is 140 Å². The first-order valence-corrected chi connectivity index (χ1v) is 34.0. The normalized spacial score (nSPS) is 13.7. The maximum absolute atomic E-state index is 3.89. The molecule has 34 heavy (non-hydrogen) atoms. The summed E-state index contributed by atoms with van der Waals surface area (Å²) in [7, 11) is -9.76. The van der Waals surface area contributed by atoms with E-state index in [9.17, 15) is 0 Å². The van der Waals surface area contributed by atoms with E-state index < -0.39 is 48.4 Å². The highest BCUT2D eigenvalue weighted by atomic mass is 28.3. The Labute approximate surface area is 220 Å². The van der Waals surface area contributed by atoms with E-state index in [0.717, 1.165) is 0 Å². The van der Waals surface area contributed by atoms with Crippen molar-refractivity contribution < 1.29 is 0 Å². The molecule has 0 atom stereocenters. The minimum atomic E-state index is -1.70. The fourth-order valence-electron chi connectivity index (χ4n) is 4.50. The summed E-state index contributed by atoms with van der Waals surface area (Å²) in [6.45, 7) is 45.0. The predicted molar refractivity (Wildman–Crippen MR) is 179 cm³/mol. The van der Waals surface area contributed by atoms with E-state index in [1.54, 1.807) is 20.7 Å². The van der Waals surface area contributed by atoms with Gasteiger partial charge < -0.3 is 0 Å². The van der Waals surface area contributed by atoms with Crippen molar-refractivity contribution in [2.75, 3.05) is 0 Å². The molecule has 0 heterocycles. The van der Waals surface area contributed by atoms with E-state index in [-0.39, 0.29) is 0 Å². The molecule has 0 nitrogen and oxygen atoms in total. The van der Waals surface area contributed by atoms with Gasteiger partial charge in [-0.25, -0.2) is 0 Å². The van der Waals surface area contributed by atoms with Gasteiger partial charge in [0.2, 0.25) is 0 Å². The van der Waals surface area contributed by atoms with E-state index >= 15 is 0 Å². The molecule has 0 aromatic heterocycles. The highest BCUT2D eigenvalue weighted by Crippen LogP contribution is 2.19. The van der Waals surface area contributed by atoms with E-state index in [1.807, 2.05) is 0 Å². The number of benzene rings is 1. The molecular formula is C28H54Si6. The second kappa shape index (κ2) is 9.84. The monoisotopic (exact) mass is 558 g/mol. The SMILES string of the molecule is C[Si](C)(C)C#Cc1c(C#C[Si](C)(C)C)c([Si](C)(C)C)c([Si](C)(C)C)c([Si](C)(C)C)c1[Si](C)(C)C. The topological polar surface area (TPSA) is 0 Å². The molecule has 0 unspecified atom stereocenters. The van der Waals surface area contributed by atoms with E-state index in [4.69, 9.17) is 0 Å².